The molecule has 0 radical (unpaired) electrons. The van der Waals surface area contributed by atoms with Crippen molar-refractivity contribution in [2.24, 2.45) is 7.05 Å². The molecule has 1 heterocycles. The van der Waals surface area contributed by atoms with E-state index in [9.17, 15) is 9.90 Å². The molecule has 0 spiro atoms. The molecular formula is C16H21N3O2. The van der Waals surface area contributed by atoms with E-state index < -0.39 is 6.10 Å². The van der Waals surface area contributed by atoms with E-state index in [0.29, 0.717) is 12.1 Å². The summed E-state index contributed by atoms with van der Waals surface area (Å²) in [5.41, 5.74) is 2.33. The number of hydrogen-bond acceptors (Lipinski definition) is 3. The number of aliphatic hydroxyl groups excluding tert-OH is 1. The number of amides is 1. The van der Waals surface area contributed by atoms with Crippen LogP contribution in [0.3, 0.4) is 0 Å². The first kappa shape index (κ1) is 15.3. The smallest absolute Gasteiger partial charge is 0.269 e. The van der Waals surface area contributed by atoms with Gasteiger partial charge in [0.25, 0.3) is 5.91 Å². The van der Waals surface area contributed by atoms with Crippen LogP contribution in [0.4, 0.5) is 0 Å². The predicted molar refractivity (Wildman–Crippen MR) is 81.0 cm³/mol. The average Bonchev–Trinajstić information content (AvgIpc) is 2.78. The Morgan fingerprint density at radius 3 is 2.62 bits per heavy atom. The van der Waals surface area contributed by atoms with E-state index in [4.69, 9.17) is 0 Å². The Balaban J connectivity index is 1.96. The van der Waals surface area contributed by atoms with Crippen LogP contribution in [0.2, 0.25) is 0 Å². The maximum Gasteiger partial charge on any atom is 0.269 e. The second-order valence-electron chi connectivity index (χ2n) is 5.31. The summed E-state index contributed by atoms with van der Waals surface area (Å²) in [5.74, 6) is -0.224. The van der Waals surface area contributed by atoms with Crippen LogP contribution in [-0.4, -0.2) is 32.9 Å². The van der Waals surface area contributed by atoms with Crippen LogP contribution in [0.15, 0.2) is 36.4 Å². The Labute approximate surface area is 124 Å². The molecule has 1 aromatic heterocycles. The Kier molecular flexibility index (Phi) is 4.75. The summed E-state index contributed by atoms with van der Waals surface area (Å²) in [5, 5.41) is 17.2. The molecule has 21 heavy (non-hydrogen) atoms. The zero-order valence-corrected chi connectivity index (χ0v) is 12.6. The first-order valence-electron chi connectivity index (χ1n) is 7.01. The summed E-state index contributed by atoms with van der Waals surface area (Å²) in [4.78, 5) is 12.2. The maximum absolute atomic E-state index is 12.2. The highest BCUT2D eigenvalue weighted by Gasteiger charge is 2.19. The van der Waals surface area contributed by atoms with E-state index in [1.807, 2.05) is 37.3 Å². The number of nitrogens with zero attached hydrogens (tertiary/aromatic N) is 2. The highest BCUT2D eigenvalue weighted by molar-refractivity contribution is 5.92. The van der Waals surface area contributed by atoms with E-state index >= 15 is 0 Å². The summed E-state index contributed by atoms with van der Waals surface area (Å²) in [6, 6.07) is 11.1. The van der Waals surface area contributed by atoms with Crippen LogP contribution in [0.5, 0.6) is 0 Å². The second kappa shape index (κ2) is 6.54. The van der Waals surface area contributed by atoms with Crippen molar-refractivity contribution in [3.63, 3.8) is 0 Å². The van der Waals surface area contributed by atoms with Gasteiger partial charge < -0.3 is 10.4 Å². The molecule has 112 valence electrons. The SMILES string of the molecule is Cc1cc(C(=O)NC(C)C(O)Cc2ccccc2)n(C)n1. The molecule has 2 atom stereocenters. The zero-order valence-electron chi connectivity index (χ0n) is 12.6. The van der Waals surface area contributed by atoms with Crippen molar-refractivity contribution in [2.75, 3.05) is 0 Å². The van der Waals surface area contributed by atoms with Crippen LogP contribution in [0.25, 0.3) is 0 Å². The van der Waals surface area contributed by atoms with Gasteiger partial charge in [-0.3, -0.25) is 9.48 Å². The van der Waals surface area contributed by atoms with Crippen molar-refractivity contribution in [1.29, 1.82) is 0 Å². The monoisotopic (exact) mass is 287 g/mol. The number of carbonyl (C=O) groups is 1. The number of aryl methyl sites for hydroxylation is 2. The molecule has 2 rings (SSSR count). The quantitative estimate of drug-likeness (QED) is 0.874. The zero-order chi connectivity index (χ0) is 15.4. The number of benzene rings is 1. The fraction of sp³-hybridized carbons (Fsp3) is 0.375. The summed E-state index contributed by atoms with van der Waals surface area (Å²) < 4.78 is 1.54. The molecule has 2 unspecified atom stereocenters. The minimum atomic E-state index is -0.634. The second-order valence-corrected chi connectivity index (χ2v) is 5.31. The predicted octanol–water partition coefficient (Wildman–Crippen LogP) is 1.45. The number of carbonyl (C=O) groups excluding carboxylic acids is 1. The molecule has 0 aliphatic carbocycles. The fourth-order valence-electron chi connectivity index (χ4n) is 2.23. The van der Waals surface area contributed by atoms with Crippen LogP contribution in [0, 0.1) is 6.92 Å². The molecule has 1 aromatic carbocycles. The third-order valence-electron chi connectivity index (χ3n) is 3.46. The normalized spacial score (nSPS) is 13.7. The first-order chi connectivity index (χ1) is 9.97. The molecule has 0 saturated heterocycles. The molecule has 0 aliphatic heterocycles. The van der Waals surface area contributed by atoms with Gasteiger partial charge in [-0.05, 0) is 25.5 Å². The third-order valence-corrected chi connectivity index (χ3v) is 3.46. The Morgan fingerprint density at radius 2 is 2.05 bits per heavy atom. The van der Waals surface area contributed by atoms with Gasteiger partial charge in [0, 0.05) is 13.5 Å². The van der Waals surface area contributed by atoms with Crippen molar-refractivity contribution in [3.8, 4) is 0 Å². The molecule has 1 amide bonds. The Morgan fingerprint density at radius 1 is 1.38 bits per heavy atom. The van der Waals surface area contributed by atoms with E-state index in [1.165, 1.54) is 0 Å². The summed E-state index contributed by atoms with van der Waals surface area (Å²) in [6.45, 7) is 3.64. The largest absolute Gasteiger partial charge is 0.391 e. The van der Waals surface area contributed by atoms with Crippen LogP contribution >= 0.6 is 0 Å². The molecule has 0 fully saturated rings. The number of aromatic nitrogens is 2. The van der Waals surface area contributed by atoms with E-state index in [0.717, 1.165) is 11.3 Å². The highest BCUT2D eigenvalue weighted by atomic mass is 16.3. The van der Waals surface area contributed by atoms with Crippen molar-refractivity contribution in [3.05, 3.63) is 53.3 Å². The third kappa shape index (κ3) is 3.92. The van der Waals surface area contributed by atoms with Gasteiger partial charge in [0.05, 0.1) is 17.8 Å². The maximum atomic E-state index is 12.2. The van der Waals surface area contributed by atoms with E-state index in [-0.39, 0.29) is 11.9 Å². The van der Waals surface area contributed by atoms with Crippen molar-refractivity contribution in [1.82, 2.24) is 15.1 Å². The van der Waals surface area contributed by atoms with Gasteiger partial charge in [0.15, 0.2) is 0 Å². The fourth-order valence-corrected chi connectivity index (χ4v) is 2.23. The molecule has 0 saturated carbocycles. The lowest BCUT2D eigenvalue weighted by atomic mass is 10.0. The number of aliphatic hydroxyl groups is 1. The van der Waals surface area contributed by atoms with E-state index in [1.54, 1.807) is 24.7 Å². The molecule has 5 heteroatoms. The van der Waals surface area contributed by atoms with E-state index in [2.05, 4.69) is 10.4 Å². The first-order valence-corrected chi connectivity index (χ1v) is 7.01. The van der Waals surface area contributed by atoms with Gasteiger partial charge in [-0.1, -0.05) is 30.3 Å². The molecular weight excluding hydrogens is 266 g/mol. The van der Waals surface area contributed by atoms with Crippen LogP contribution in [-0.2, 0) is 13.5 Å². The Bertz CT molecular complexity index is 607. The van der Waals surface area contributed by atoms with Gasteiger partial charge >= 0.3 is 0 Å². The van der Waals surface area contributed by atoms with Gasteiger partial charge in [0.1, 0.15) is 5.69 Å². The topological polar surface area (TPSA) is 67.2 Å². The molecule has 0 aliphatic rings. The number of rotatable bonds is 5. The molecule has 2 aromatic rings. The summed E-state index contributed by atoms with van der Waals surface area (Å²) >= 11 is 0. The highest BCUT2D eigenvalue weighted by Crippen LogP contribution is 2.07. The van der Waals surface area contributed by atoms with Gasteiger partial charge in [-0.15, -0.1) is 0 Å². The van der Waals surface area contributed by atoms with Gasteiger partial charge in [-0.25, -0.2) is 0 Å². The lowest BCUT2D eigenvalue weighted by Crippen LogP contribution is -2.42. The lowest BCUT2D eigenvalue weighted by Gasteiger charge is -2.20. The van der Waals surface area contributed by atoms with Crippen LogP contribution < -0.4 is 5.32 Å². The van der Waals surface area contributed by atoms with Crippen molar-refractivity contribution in [2.45, 2.75) is 32.4 Å². The molecule has 5 nitrogen and oxygen atoms in total. The van der Waals surface area contributed by atoms with Gasteiger partial charge in [0.2, 0.25) is 0 Å². The van der Waals surface area contributed by atoms with Crippen LogP contribution in [0.1, 0.15) is 28.7 Å². The molecule has 0 bridgehead atoms. The summed E-state index contributed by atoms with van der Waals surface area (Å²) in [6.07, 6.45) is -0.127. The van der Waals surface area contributed by atoms with Crippen molar-refractivity contribution < 1.29 is 9.90 Å². The lowest BCUT2D eigenvalue weighted by molar-refractivity contribution is 0.0843. The standard InChI is InChI=1S/C16H21N3O2/c1-11-9-14(19(3)18-11)16(21)17-12(2)15(20)10-13-7-5-4-6-8-13/h4-9,12,15,20H,10H2,1-3H3,(H,17,21). The average molecular weight is 287 g/mol. The van der Waals surface area contributed by atoms with Gasteiger partial charge in [-0.2, -0.15) is 5.10 Å². The number of nitrogens with one attached hydrogen (secondary N) is 1. The van der Waals surface area contributed by atoms with Crippen molar-refractivity contribution >= 4 is 5.91 Å². The molecule has 2 N–H and O–H groups in total. The minimum absolute atomic E-state index is 0.224. The summed E-state index contributed by atoms with van der Waals surface area (Å²) in [7, 11) is 1.73. The minimum Gasteiger partial charge on any atom is -0.391 e. The number of hydrogen-bond donors (Lipinski definition) is 2. The Hall–Kier alpha value is -2.14.